The topological polar surface area (TPSA) is 70.8 Å². The molecule has 0 bridgehead atoms. The first kappa shape index (κ1) is 23.3. The summed E-state index contributed by atoms with van der Waals surface area (Å²) in [5.74, 6) is -0.436. The lowest BCUT2D eigenvalue weighted by Crippen LogP contribution is -2.43. The minimum atomic E-state index is -4.47. The van der Waals surface area contributed by atoms with Crippen LogP contribution in [-0.2, 0) is 22.2 Å². The standard InChI is InChI=1S/C25H26F3N5O2/c1-2-16-5-8-20(9-6-16)32-14-18(12-22(32)34)24(35)31-11-3-4-17(13-31)23-30-29-21-10-7-19(15-33(21)23)25(26,27)28/h5-10,15,17-18H,2-4,11-14H2,1H3. The Morgan fingerprint density at radius 3 is 2.57 bits per heavy atom. The summed E-state index contributed by atoms with van der Waals surface area (Å²) in [6.07, 6.45) is -0.999. The third-order valence-electron chi connectivity index (χ3n) is 6.98. The van der Waals surface area contributed by atoms with E-state index < -0.39 is 17.7 Å². The van der Waals surface area contributed by atoms with Crippen molar-refractivity contribution in [2.24, 2.45) is 5.92 Å². The number of hydrogen-bond donors (Lipinski definition) is 0. The van der Waals surface area contributed by atoms with E-state index in [-0.39, 0.29) is 24.2 Å². The van der Waals surface area contributed by atoms with Gasteiger partial charge in [-0.1, -0.05) is 19.1 Å². The zero-order chi connectivity index (χ0) is 24.7. The number of carbonyl (C=O) groups is 2. The molecule has 184 valence electrons. The highest BCUT2D eigenvalue weighted by molar-refractivity contribution is 6.00. The summed E-state index contributed by atoms with van der Waals surface area (Å²) < 4.78 is 41.0. The number of amides is 2. The first-order valence-electron chi connectivity index (χ1n) is 11.8. The number of pyridine rings is 1. The molecule has 2 aromatic heterocycles. The lowest BCUT2D eigenvalue weighted by atomic mass is 9.95. The Hall–Kier alpha value is -3.43. The predicted octanol–water partition coefficient (Wildman–Crippen LogP) is 4.07. The minimum Gasteiger partial charge on any atom is -0.342 e. The molecule has 0 radical (unpaired) electrons. The van der Waals surface area contributed by atoms with Crippen molar-refractivity contribution in [1.29, 1.82) is 0 Å². The number of fused-ring (bicyclic) bond motifs is 1. The summed E-state index contributed by atoms with van der Waals surface area (Å²) in [5, 5.41) is 8.18. The second-order valence-electron chi connectivity index (χ2n) is 9.25. The molecule has 10 heteroatoms. The molecule has 0 aliphatic carbocycles. The molecule has 1 aromatic carbocycles. The highest BCUT2D eigenvalue weighted by atomic mass is 19.4. The molecule has 35 heavy (non-hydrogen) atoms. The van der Waals surface area contributed by atoms with Crippen LogP contribution in [-0.4, -0.2) is 50.9 Å². The lowest BCUT2D eigenvalue weighted by molar-refractivity contribution is -0.138. The van der Waals surface area contributed by atoms with E-state index in [2.05, 4.69) is 17.1 Å². The van der Waals surface area contributed by atoms with Crippen LogP contribution in [0.1, 0.15) is 49.1 Å². The van der Waals surface area contributed by atoms with Gasteiger partial charge >= 0.3 is 6.18 Å². The van der Waals surface area contributed by atoms with Gasteiger partial charge in [0.2, 0.25) is 11.8 Å². The molecule has 2 fully saturated rings. The van der Waals surface area contributed by atoms with Crippen molar-refractivity contribution in [3.63, 3.8) is 0 Å². The van der Waals surface area contributed by atoms with E-state index in [1.54, 1.807) is 9.80 Å². The highest BCUT2D eigenvalue weighted by Gasteiger charge is 2.39. The molecule has 0 N–H and O–H groups in total. The summed E-state index contributed by atoms with van der Waals surface area (Å²) in [6.45, 7) is 3.28. The first-order chi connectivity index (χ1) is 16.7. The Labute approximate surface area is 200 Å². The fourth-order valence-electron chi connectivity index (χ4n) is 5.03. The van der Waals surface area contributed by atoms with E-state index in [0.717, 1.165) is 24.4 Å². The zero-order valence-corrected chi connectivity index (χ0v) is 19.3. The summed E-state index contributed by atoms with van der Waals surface area (Å²) >= 11 is 0. The largest absolute Gasteiger partial charge is 0.417 e. The average molecular weight is 486 g/mol. The van der Waals surface area contributed by atoms with E-state index in [0.29, 0.717) is 43.9 Å². The highest BCUT2D eigenvalue weighted by Crippen LogP contribution is 2.33. The van der Waals surface area contributed by atoms with Gasteiger partial charge in [-0.05, 0) is 49.1 Å². The van der Waals surface area contributed by atoms with Crippen LogP contribution in [0.15, 0.2) is 42.6 Å². The molecule has 2 atom stereocenters. The maximum absolute atomic E-state index is 13.3. The molecule has 4 heterocycles. The van der Waals surface area contributed by atoms with E-state index in [1.807, 2.05) is 24.3 Å². The summed E-state index contributed by atoms with van der Waals surface area (Å²) in [7, 11) is 0. The van der Waals surface area contributed by atoms with Crippen molar-refractivity contribution in [3.8, 4) is 0 Å². The first-order valence-corrected chi connectivity index (χ1v) is 11.8. The number of anilines is 1. The Morgan fingerprint density at radius 2 is 1.86 bits per heavy atom. The fraction of sp³-hybridized carbons (Fsp3) is 0.440. The zero-order valence-electron chi connectivity index (χ0n) is 19.3. The van der Waals surface area contributed by atoms with Crippen molar-refractivity contribution in [3.05, 3.63) is 59.5 Å². The Morgan fingerprint density at radius 1 is 1.09 bits per heavy atom. The molecule has 2 aliphatic heterocycles. The monoisotopic (exact) mass is 485 g/mol. The third-order valence-corrected chi connectivity index (χ3v) is 6.98. The number of alkyl halides is 3. The van der Waals surface area contributed by atoms with Crippen LogP contribution >= 0.6 is 0 Å². The second kappa shape index (κ2) is 8.98. The van der Waals surface area contributed by atoms with E-state index in [1.165, 1.54) is 16.0 Å². The summed E-state index contributed by atoms with van der Waals surface area (Å²) in [4.78, 5) is 29.4. The number of likely N-dealkylation sites (tertiary alicyclic amines) is 1. The normalized spacial score (nSPS) is 21.2. The van der Waals surface area contributed by atoms with Gasteiger partial charge in [-0.15, -0.1) is 10.2 Å². The number of benzene rings is 1. The molecular formula is C25H26F3N5O2. The van der Waals surface area contributed by atoms with Gasteiger partial charge in [0.15, 0.2) is 5.65 Å². The quantitative estimate of drug-likeness (QED) is 0.559. The molecule has 3 aromatic rings. The number of piperidine rings is 1. The van der Waals surface area contributed by atoms with E-state index >= 15 is 0 Å². The number of aromatic nitrogens is 3. The van der Waals surface area contributed by atoms with Crippen molar-refractivity contribution in [2.45, 2.75) is 44.7 Å². The van der Waals surface area contributed by atoms with Crippen LogP contribution in [0.5, 0.6) is 0 Å². The number of hydrogen-bond acceptors (Lipinski definition) is 4. The molecule has 2 saturated heterocycles. The summed E-state index contributed by atoms with van der Waals surface area (Å²) in [5.41, 5.74) is 1.53. The van der Waals surface area contributed by atoms with Gasteiger partial charge in [0.25, 0.3) is 0 Å². The van der Waals surface area contributed by atoms with Crippen LogP contribution in [0.4, 0.5) is 18.9 Å². The number of nitrogens with zero attached hydrogens (tertiary/aromatic N) is 5. The van der Waals surface area contributed by atoms with Gasteiger partial charge < -0.3 is 9.80 Å². The predicted molar refractivity (Wildman–Crippen MR) is 123 cm³/mol. The van der Waals surface area contributed by atoms with Gasteiger partial charge in [0.05, 0.1) is 11.5 Å². The van der Waals surface area contributed by atoms with Crippen LogP contribution in [0, 0.1) is 5.92 Å². The molecule has 2 unspecified atom stereocenters. The number of halogens is 3. The average Bonchev–Trinajstić information content (AvgIpc) is 3.46. The Balaban J connectivity index is 1.31. The van der Waals surface area contributed by atoms with E-state index in [4.69, 9.17) is 0 Å². The molecule has 0 spiro atoms. The van der Waals surface area contributed by atoms with Crippen molar-refractivity contribution >= 4 is 23.1 Å². The van der Waals surface area contributed by atoms with Crippen molar-refractivity contribution < 1.29 is 22.8 Å². The fourth-order valence-corrected chi connectivity index (χ4v) is 5.03. The number of aryl methyl sites for hydroxylation is 1. The van der Waals surface area contributed by atoms with Crippen LogP contribution < -0.4 is 4.90 Å². The molecule has 2 aliphatic rings. The Kier molecular flexibility index (Phi) is 5.98. The van der Waals surface area contributed by atoms with E-state index in [9.17, 15) is 22.8 Å². The van der Waals surface area contributed by atoms with Crippen molar-refractivity contribution in [2.75, 3.05) is 24.5 Å². The number of rotatable bonds is 4. The minimum absolute atomic E-state index is 0.0794. The maximum atomic E-state index is 13.3. The van der Waals surface area contributed by atoms with Gasteiger partial charge in [-0.2, -0.15) is 13.2 Å². The molecule has 0 saturated carbocycles. The van der Waals surface area contributed by atoms with Gasteiger partial charge in [0, 0.05) is 43.9 Å². The molecular weight excluding hydrogens is 459 g/mol. The molecule has 2 amide bonds. The second-order valence-corrected chi connectivity index (χ2v) is 9.25. The molecule has 5 rings (SSSR count). The van der Waals surface area contributed by atoms with Gasteiger partial charge in [0.1, 0.15) is 5.82 Å². The van der Waals surface area contributed by atoms with Crippen LogP contribution in [0.2, 0.25) is 0 Å². The van der Waals surface area contributed by atoms with Crippen molar-refractivity contribution in [1.82, 2.24) is 19.5 Å². The SMILES string of the molecule is CCc1ccc(N2CC(C(=O)N3CCCC(c4nnc5ccc(C(F)(F)F)cn45)C3)CC2=O)cc1. The third kappa shape index (κ3) is 4.49. The number of carbonyl (C=O) groups excluding carboxylic acids is 2. The molecule has 7 nitrogen and oxygen atoms in total. The smallest absolute Gasteiger partial charge is 0.342 e. The van der Waals surface area contributed by atoms with Crippen LogP contribution in [0.25, 0.3) is 5.65 Å². The maximum Gasteiger partial charge on any atom is 0.417 e. The van der Waals surface area contributed by atoms with Crippen LogP contribution in [0.3, 0.4) is 0 Å². The summed E-state index contributed by atoms with van der Waals surface area (Å²) in [6, 6.07) is 10.1. The van der Waals surface area contributed by atoms with Gasteiger partial charge in [-0.25, -0.2) is 0 Å². The Bertz CT molecular complexity index is 1250. The van der Waals surface area contributed by atoms with Gasteiger partial charge in [-0.3, -0.25) is 14.0 Å². The lowest BCUT2D eigenvalue weighted by Gasteiger charge is -2.33.